The average Bonchev–Trinajstić information content (AvgIpc) is 3.06. The number of fused-ring (bicyclic) bond motifs is 1. The first kappa shape index (κ1) is 22.8. The Labute approximate surface area is 186 Å². The maximum Gasteiger partial charge on any atom is 0.193 e. The van der Waals surface area contributed by atoms with Crippen molar-refractivity contribution in [3.8, 4) is 11.5 Å². The summed E-state index contributed by atoms with van der Waals surface area (Å²) in [7, 11) is 0. The van der Waals surface area contributed by atoms with Gasteiger partial charge in [-0.3, -0.25) is 4.99 Å². The first-order chi connectivity index (χ1) is 13.6. The Bertz CT molecular complexity index is 974. The second-order valence-corrected chi connectivity index (χ2v) is 6.17. The molecule has 2 aromatic carbocycles. The Balaban J connectivity index is 0.00000300. The summed E-state index contributed by atoms with van der Waals surface area (Å²) in [5.41, 5.74) is 8.65. The fourth-order valence-electron chi connectivity index (χ4n) is 2.98. The first-order valence-electron chi connectivity index (χ1n) is 9.32. The molecule has 0 fully saturated rings. The third-order valence-corrected chi connectivity index (χ3v) is 4.22. The highest BCUT2D eigenvalue weighted by molar-refractivity contribution is 14.0. The lowest BCUT2D eigenvalue weighted by Gasteiger charge is -2.14. The number of rotatable bonds is 8. The maximum atomic E-state index is 13.5. The van der Waals surface area contributed by atoms with E-state index in [1.165, 1.54) is 12.1 Å². The molecule has 1 aromatic heterocycles. The van der Waals surface area contributed by atoms with E-state index in [1.807, 2.05) is 38.2 Å². The van der Waals surface area contributed by atoms with Gasteiger partial charge in [-0.1, -0.05) is 0 Å². The summed E-state index contributed by atoms with van der Waals surface area (Å²) in [6, 6.07) is 10.2. The Morgan fingerprint density at radius 3 is 2.69 bits per heavy atom. The van der Waals surface area contributed by atoms with E-state index >= 15 is 0 Å². The summed E-state index contributed by atoms with van der Waals surface area (Å²) in [5, 5.41) is 3.94. The Morgan fingerprint density at radius 1 is 1.14 bits per heavy atom. The van der Waals surface area contributed by atoms with Crippen LogP contribution in [0.25, 0.3) is 10.9 Å². The van der Waals surface area contributed by atoms with Gasteiger partial charge in [-0.15, -0.1) is 24.0 Å². The van der Waals surface area contributed by atoms with Crippen LogP contribution in [0.15, 0.2) is 47.6 Å². The molecule has 0 amide bonds. The number of anilines is 1. The summed E-state index contributed by atoms with van der Waals surface area (Å²) >= 11 is 0. The summed E-state index contributed by atoms with van der Waals surface area (Å²) in [6.45, 7) is 5.42. The summed E-state index contributed by atoms with van der Waals surface area (Å²) in [4.78, 5) is 7.52. The van der Waals surface area contributed by atoms with E-state index in [2.05, 4.69) is 15.3 Å². The fourth-order valence-corrected chi connectivity index (χ4v) is 2.98. The van der Waals surface area contributed by atoms with Gasteiger partial charge >= 0.3 is 0 Å². The molecule has 0 spiro atoms. The smallest absolute Gasteiger partial charge is 0.193 e. The van der Waals surface area contributed by atoms with Crippen molar-refractivity contribution >= 4 is 46.5 Å². The molecule has 0 aliphatic carbocycles. The van der Waals surface area contributed by atoms with Gasteiger partial charge in [0.1, 0.15) is 17.3 Å². The van der Waals surface area contributed by atoms with Crippen LogP contribution in [0.2, 0.25) is 0 Å². The Hall–Kier alpha value is -2.49. The van der Waals surface area contributed by atoms with Crippen LogP contribution in [0.1, 0.15) is 19.4 Å². The highest BCUT2D eigenvalue weighted by atomic mass is 127. The lowest BCUT2D eigenvalue weighted by Crippen LogP contribution is -2.23. The zero-order chi connectivity index (χ0) is 19.9. The van der Waals surface area contributed by atoms with Gasteiger partial charge < -0.3 is 25.5 Å². The fraction of sp³-hybridized carbons (Fsp3) is 0.286. The standard InChI is InChI=1S/C21H25FN4O2.HI/c1-3-27-16-6-8-20(28-4-2)19(12-16)26-21(23)24-10-9-14-13-25-18-7-5-15(22)11-17(14)18;/h5-8,11-13,25H,3-4,9-10H2,1-2H3,(H3,23,24,26);1H. The van der Waals surface area contributed by atoms with Crippen LogP contribution >= 0.6 is 24.0 Å². The third kappa shape index (κ3) is 5.99. The van der Waals surface area contributed by atoms with Gasteiger partial charge in [-0.25, -0.2) is 4.39 Å². The molecule has 0 bridgehead atoms. The molecule has 8 heteroatoms. The largest absolute Gasteiger partial charge is 0.494 e. The molecule has 4 N–H and O–H groups in total. The number of aromatic amines is 1. The van der Waals surface area contributed by atoms with Crippen LogP contribution in [0.3, 0.4) is 0 Å². The number of nitrogens with one attached hydrogen (secondary N) is 2. The van der Waals surface area contributed by atoms with Gasteiger partial charge in [-0.05, 0) is 56.2 Å². The number of H-pyrrole nitrogens is 1. The number of nitrogens with two attached hydrogens (primary N) is 1. The average molecular weight is 512 g/mol. The molecular formula is C21H26FIN4O2. The molecule has 6 nitrogen and oxygen atoms in total. The molecule has 0 unspecified atom stereocenters. The van der Waals surface area contributed by atoms with Gasteiger partial charge in [0, 0.05) is 29.7 Å². The van der Waals surface area contributed by atoms with E-state index in [0.29, 0.717) is 37.6 Å². The zero-order valence-corrected chi connectivity index (χ0v) is 18.8. The Kier molecular flexibility index (Phi) is 8.56. The number of hydrogen-bond acceptors (Lipinski definition) is 3. The number of hydrogen-bond donors (Lipinski definition) is 3. The van der Waals surface area contributed by atoms with Gasteiger partial charge in [0.05, 0.1) is 18.9 Å². The highest BCUT2D eigenvalue weighted by Gasteiger charge is 2.08. The highest BCUT2D eigenvalue weighted by Crippen LogP contribution is 2.29. The zero-order valence-electron chi connectivity index (χ0n) is 16.5. The van der Waals surface area contributed by atoms with Crippen LogP contribution in [0, 0.1) is 5.82 Å². The summed E-state index contributed by atoms with van der Waals surface area (Å²) < 4.78 is 24.6. The number of nitrogens with zero attached hydrogens (tertiary/aromatic N) is 1. The minimum Gasteiger partial charge on any atom is -0.494 e. The number of aromatic nitrogens is 1. The van der Waals surface area contributed by atoms with Crippen molar-refractivity contribution in [1.29, 1.82) is 0 Å². The predicted molar refractivity (Wildman–Crippen MR) is 126 cm³/mol. The van der Waals surface area contributed by atoms with Crippen LogP contribution in [-0.4, -0.2) is 30.7 Å². The topological polar surface area (TPSA) is 84.7 Å². The van der Waals surface area contributed by atoms with E-state index in [1.54, 1.807) is 6.07 Å². The second-order valence-electron chi connectivity index (χ2n) is 6.17. The van der Waals surface area contributed by atoms with Crippen LogP contribution in [0.5, 0.6) is 11.5 Å². The number of guanidine groups is 1. The molecule has 29 heavy (non-hydrogen) atoms. The second kappa shape index (κ2) is 10.9. The number of benzene rings is 2. The monoisotopic (exact) mass is 512 g/mol. The molecule has 3 rings (SSSR count). The molecule has 0 saturated heterocycles. The molecule has 0 atom stereocenters. The molecule has 0 aliphatic heterocycles. The van der Waals surface area contributed by atoms with Crippen LogP contribution in [0.4, 0.5) is 10.1 Å². The SMILES string of the molecule is CCOc1ccc(OCC)c(NC(N)=NCCc2c[nH]c3ccc(F)cc23)c1.I. The van der Waals surface area contributed by atoms with E-state index in [4.69, 9.17) is 15.2 Å². The number of ether oxygens (including phenoxy) is 2. The molecular weight excluding hydrogens is 486 g/mol. The van der Waals surface area contributed by atoms with E-state index < -0.39 is 0 Å². The maximum absolute atomic E-state index is 13.5. The van der Waals surface area contributed by atoms with Crippen molar-refractivity contribution < 1.29 is 13.9 Å². The molecule has 156 valence electrons. The molecule has 0 aliphatic rings. The molecule has 3 aromatic rings. The number of halogens is 2. The molecule has 1 heterocycles. The van der Waals surface area contributed by atoms with Crippen LogP contribution < -0.4 is 20.5 Å². The minimum absolute atomic E-state index is 0. The van der Waals surface area contributed by atoms with Gasteiger partial charge in [0.2, 0.25) is 0 Å². The van der Waals surface area contributed by atoms with Crippen molar-refractivity contribution in [3.05, 3.63) is 54.0 Å². The van der Waals surface area contributed by atoms with E-state index in [-0.39, 0.29) is 35.8 Å². The third-order valence-electron chi connectivity index (χ3n) is 4.22. The van der Waals surface area contributed by atoms with E-state index in [0.717, 1.165) is 22.2 Å². The van der Waals surface area contributed by atoms with Gasteiger partial charge in [0.25, 0.3) is 0 Å². The molecule has 0 saturated carbocycles. The minimum atomic E-state index is -0.254. The predicted octanol–water partition coefficient (Wildman–Crippen LogP) is 4.69. The lowest BCUT2D eigenvalue weighted by atomic mass is 10.1. The van der Waals surface area contributed by atoms with Crippen molar-refractivity contribution in [1.82, 2.24) is 4.98 Å². The van der Waals surface area contributed by atoms with Crippen molar-refractivity contribution in [2.75, 3.05) is 25.1 Å². The lowest BCUT2D eigenvalue weighted by molar-refractivity contribution is 0.332. The van der Waals surface area contributed by atoms with E-state index in [9.17, 15) is 4.39 Å². The Morgan fingerprint density at radius 2 is 1.93 bits per heavy atom. The van der Waals surface area contributed by atoms with Crippen molar-refractivity contribution in [3.63, 3.8) is 0 Å². The number of aliphatic imine (C=N–C) groups is 1. The summed E-state index contributed by atoms with van der Waals surface area (Å²) in [6.07, 6.45) is 2.52. The quantitative estimate of drug-likeness (QED) is 0.232. The summed E-state index contributed by atoms with van der Waals surface area (Å²) in [5.74, 6) is 1.43. The molecule has 0 radical (unpaired) electrons. The van der Waals surface area contributed by atoms with Crippen LogP contribution in [-0.2, 0) is 6.42 Å². The normalized spacial score (nSPS) is 11.2. The first-order valence-corrected chi connectivity index (χ1v) is 9.32. The van der Waals surface area contributed by atoms with Crippen molar-refractivity contribution in [2.45, 2.75) is 20.3 Å². The van der Waals surface area contributed by atoms with Gasteiger partial charge in [-0.2, -0.15) is 0 Å². The van der Waals surface area contributed by atoms with Gasteiger partial charge in [0.15, 0.2) is 5.96 Å². The van der Waals surface area contributed by atoms with Crippen molar-refractivity contribution in [2.24, 2.45) is 10.7 Å².